The normalized spacial score (nSPS) is 24.7. The van der Waals surface area contributed by atoms with Gasteiger partial charge in [-0.3, -0.25) is 4.79 Å². The van der Waals surface area contributed by atoms with Crippen molar-refractivity contribution < 1.29 is 9.53 Å². The van der Waals surface area contributed by atoms with Gasteiger partial charge in [-0.1, -0.05) is 0 Å². The molecule has 0 aliphatic heterocycles. The number of amides is 1. The van der Waals surface area contributed by atoms with Gasteiger partial charge in [-0.2, -0.15) is 0 Å². The number of aromatic nitrogens is 1. The van der Waals surface area contributed by atoms with Crippen molar-refractivity contribution in [3.8, 4) is 5.88 Å². The van der Waals surface area contributed by atoms with Gasteiger partial charge in [0.1, 0.15) is 11.7 Å². The van der Waals surface area contributed by atoms with Gasteiger partial charge in [-0.25, -0.2) is 4.98 Å². The molecule has 4 N–H and O–H groups in total. The summed E-state index contributed by atoms with van der Waals surface area (Å²) in [5, 5.41) is 0. The standard InChI is InChI=1S/C14H19N3O2/c15-7-8-4-10(5-8)19-14-11(13(16)18)6-9-2-1-3-12(9)17-14/h6,8,10H,1-5,7,15H2,(H2,16,18). The molecule has 0 bridgehead atoms. The fraction of sp³-hybridized carbons (Fsp3) is 0.571. The Balaban J connectivity index is 1.81. The smallest absolute Gasteiger partial charge is 0.254 e. The molecular formula is C14H19N3O2. The molecule has 0 unspecified atom stereocenters. The van der Waals surface area contributed by atoms with Crippen molar-refractivity contribution in [3.05, 3.63) is 22.9 Å². The number of ether oxygens (including phenoxy) is 1. The van der Waals surface area contributed by atoms with Crippen molar-refractivity contribution in [2.24, 2.45) is 17.4 Å². The van der Waals surface area contributed by atoms with Crippen LogP contribution in [0.1, 0.15) is 40.9 Å². The number of carbonyl (C=O) groups excluding carboxylic acids is 1. The van der Waals surface area contributed by atoms with Crippen LogP contribution in [0.3, 0.4) is 0 Å². The number of hydrogen-bond donors (Lipinski definition) is 2. The summed E-state index contributed by atoms with van der Waals surface area (Å²) < 4.78 is 5.83. The highest BCUT2D eigenvalue weighted by molar-refractivity contribution is 5.95. The molecule has 0 spiro atoms. The van der Waals surface area contributed by atoms with Gasteiger partial charge in [-0.05, 0) is 56.2 Å². The Morgan fingerprint density at radius 1 is 1.42 bits per heavy atom. The Labute approximate surface area is 112 Å². The van der Waals surface area contributed by atoms with E-state index in [1.54, 1.807) is 0 Å². The van der Waals surface area contributed by atoms with Gasteiger partial charge in [-0.15, -0.1) is 0 Å². The van der Waals surface area contributed by atoms with Crippen molar-refractivity contribution in [2.75, 3.05) is 6.54 Å². The molecule has 0 atom stereocenters. The molecule has 102 valence electrons. The van der Waals surface area contributed by atoms with Crippen molar-refractivity contribution in [1.82, 2.24) is 4.98 Å². The molecule has 5 nitrogen and oxygen atoms in total. The van der Waals surface area contributed by atoms with Crippen LogP contribution in [0.4, 0.5) is 0 Å². The number of pyridine rings is 1. The van der Waals surface area contributed by atoms with E-state index < -0.39 is 5.91 Å². The average molecular weight is 261 g/mol. The molecule has 19 heavy (non-hydrogen) atoms. The highest BCUT2D eigenvalue weighted by Crippen LogP contribution is 2.33. The van der Waals surface area contributed by atoms with E-state index in [0.717, 1.165) is 43.4 Å². The number of fused-ring (bicyclic) bond motifs is 1. The monoisotopic (exact) mass is 261 g/mol. The van der Waals surface area contributed by atoms with E-state index in [1.165, 1.54) is 0 Å². The lowest BCUT2D eigenvalue weighted by Gasteiger charge is -2.34. The van der Waals surface area contributed by atoms with Crippen LogP contribution in [0, 0.1) is 5.92 Å². The maximum atomic E-state index is 11.5. The fourth-order valence-electron chi connectivity index (χ4n) is 2.84. The zero-order valence-corrected chi connectivity index (χ0v) is 10.9. The quantitative estimate of drug-likeness (QED) is 0.838. The molecule has 5 heteroatoms. The van der Waals surface area contributed by atoms with Gasteiger partial charge in [0.25, 0.3) is 5.91 Å². The van der Waals surface area contributed by atoms with Crippen LogP contribution in [0.2, 0.25) is 0 Å². The predicted octanol–water partition coefficient (Wildman–Crippen LogP) is 0.785. The van der Waals surface area contributed by atoms with Crippen LogP contribution in [0.5, 0.6) is 5.88 Å². The van der Waals surface area contributed by atoms with Crippen molar-refractivity contribution in [1.29, 1.82) is 0 Å². The van der Waals surface area contributed by atoms with E-state index in [9.17, 15) is 4.79 Å². The summed E-state index contributed by atoms with van der Waals surface area (Å²) in [6, 6.07) is 1.85. The van der Waals surface area contributed by atoms with Gasteiger partial charge < -0.3 is 16.2 Å². The van der Waals surface area contributed by atoms with E-state index in [0.29, 0.717) is 23.9 Å². The zero-order valence-electron chi connectivity index (χ0n) is 10.9. The van der Waals surface area contributed by atoms with Crippen LogP contribution in [0.25, 0.3) is 0 Å². The number of aryl methyl sites for hydroxylation is 2. The number of nitrogens with two attached hydrogens (primary N) is 2. The largest absolute Gasteiger partial charge is 0.474 e. The molecular weight excluding hydrogens is 242 g/mol. The minimum atomic E-state index is -0.466. The van der Waals surface area contributed by atoms with Crippen LogP contribution < -0.4 is 16.2 Å². The number of rotatable bonds is 4. The first-order valence-electron chi connectivity index (χ1n) is 6.86. The first-order chi connectivity index (χ1) is 9.17. The van der Waals surface area contributed by atoms with Crippen molar-refractivity contribution >= 4 is 5.91 Å². The summed E-state index contributed by atoms with van der Waals surface area (Å²) in [7, 11) is 0. The molecule has 2 aliphatic rings. The second-order valence-electron chi connectivity index (χ2n) is 5.48. The Morgan fingerprint density at radius 3 is 2.89 bits per heavy atom. The number of primary amides is 1. The van der Waals surface area contributed by atoms with Crippen molar-refractivity contribution in [2.45, 2.75) is 38.2 Å². The lowest BCUT2D eigenvalue weighted by atomic mass is 9.82. The maximum Gasteiger partial charge on any atom is 0.254 e. The Kier molecular flexibility index (Phi) is 3.14. The summed E-state index contributed by atoms with van der Waals surface area (Å²) >= 11 is 0. The highest BCUT2D eigenvalue weighted by Gasteiger charge is 2.31. The van der Waals surface area contributed by atoms with Gasteiger partial charge >= 0.3 is 0 Å². The van der Waals surface area contributed by atoms with Gasteiger partial charge in [0.05, 0.1) is 0 Å². The summed E-state index contributed by atoms with van der Waals surface area (Å²) in [4.78, 5) is 16.0. The second-order valence-corrected chi connectivity index (χ2v) is 5.48. The van der Waals surface area contributed by atoms with Crippen molar-refractivity contribution in [3.63, 3.8) is 0 Å². The van der Waals surface area contributed by atoms with E-state index in [-0.39, 0.29) is 6.10 Å². The first-order valence-corrected chi connectivity index (χ1v) is 6.86. The number of hydrogen-bond acceptors (Lipinski definition) is 4. The minimum Gasteiger partial charge on any atom is -0.474 e. The first kappa shape index (κ1) is 12.4. The summed E-state index contributed by atoms with van der Waals surface area (Å²) in [5.74, 6) is 0.483. The number of nitrogens with zero attached hydrogens (tertiary/aromatic N) is 1. The topological polar surface area (TPSA) is 91.2 Å². The molecule has 1 fully saturated rings. The number of carbonyl (C=O) groups is 1. The molecule has 1 aromatic heterocycles. The SMILES string of the molecule is NCC1CC(Oc2nc3c(cc2C(N)=O)CCC3)C1. The fourth-order valence-corrected chi connectivity index (χ4v) is 2.84. The van der Waals surface area contributed by atoms with Gasteiger partial charge in [0.15, 0.2) is 0 Å². The zero-order chi connectivity index (χ0) is 13.4. The summed E-state index contributed by atoms with van der Waals surface area (Å²) in [6.07, 6.45) is 5.02. The Bertz CT molecular complexity index is 510. The van der Waals surface area contributed by atoms with Crippen LogP contribution in [0.15, 0.2) is 6.07 Å². The third-order valence-electron chi connectivity index (χ3n) is 4.09. The molecule has 0 radical (unpaired) electrons. The maximum absolute atomic E-state index is 11.5. The molecule has 1 saturated carbocycles. The molecule has 1 aromatic rings. The summed E-state index contributed by atoms with van der Waals surface area (Å²) in [5.41, 5.74) is 13.6. The molecule has 2 aliphatic carbocycles. The van der Waals surface area contributed by atoms with E-state index in [2.05, 4.69) is 4.98 Å². The lowest BCUT2D eigenvalue weighted by Crippen LogP contribution is -2.38. The Morgan fingerprint density at radius 2 is 2.21 bits per heavy atom. The molecule has 3 rings (SSSR count). The minimum absolute atomic E-state index is 0.124. The molecule has 1 amide bonds. The van der Waals surface area contributed by atoms with Crippen LogP contribution >= 0.6 is 0 Å². The molecule has 1 heterocycles. The van der Waals surface area contributed by atoms with E-state index >= 15 is 0 Å². The Hall–Kier alpha value is -1.62. The second kappa shape index (κ2) is 4.81. The molecule has 0 aromatic carbocycles. The third kappa shape index (κ3) is 2.30. The summed E-state index contributed by atoms with van der Waals surface area (Å²) in [6.45, 7) is 0.695. The van der Waals surface area contributed by atoms with Crippen LogP contribution in [-0.4, -0.2) is 23.5 Å². The third-order valence-corrected chi connectivity index (χ3v) is 4.09. The van der Waals surface area contributed by atoms with Gasteiger partial charge in [0.2, 0.25) is 5.88 Å². The average Bonchev–Trinajstić information content (AvgIpc) is 2.78. The van der Waals surface area contributed by atoms with E-state index in [1.807, 2.05) is 6.07 Å². The van der Waals surface area contributed by atoms with E-state index in [4.69, 9.17) is 16.2 Å². The molecule has 0 saturated heterocycles. The highest BCUT2D eigenvalue weighted by atomic mass is 16.5. The van der Waals surface area contributed by atoms with Gasteiger partial charge in [0, 0.05) is 5.69 Å². The lowest BCUT2D eigenvalue weighted by molar-refractivity contribution is 0.0631. The van der Waals surface area contributed by atoms with Crippen LogP contribution in [-0.2, 0) is 12.8 Å². The predicted molar refractivity (Wildman–Crippen MR) is 71.0 cm³/mol.